The summed E-state index contributed by atoms with van der Waals surface area (Å²) in [5.74, 6) is 0.978. The summed E-state index contributed by atoms with van der Waals surface area (Å²) >= 11 is 1.58. The first-order valence-electron chi connectivity index (χ1n) is 5.45. The zero-order chi connectivity index (χ0) is 12.3. The van der Waals surface area contributed by atoms with Crippen LogP contribution in [-0.2, 0) is 11.2 Å². The first kappa shape index (κ1) is 11.9. The second kappa shape index (κ2) is 5.15. The summed E-state index contributed by atoms with van der Waals surface area (Å²) in [6.45, 7) is 3.64. The highest BCUT2D eigenvalue weighted by atomic mass is 32.1. The van der Waals surface area contributed by atoms with Crippen LogP contribution in [0.15, 0.2) is 35.7 Å². The van der Waals surface area contributed by atoms with Gasteiger partial charge in [-0.05, 0) is 48.6 Å². The summed E-state index contributed by atoms with van der Waals surface area (Å²) in [7, 11) is 0. The summed E-state index contributed by atoms with van der Waals surface area (Å²) in [6.07, 6.45) is 0.485. The Bertz CT molecular complexity index is 511. The van der Waals surface area contributed by atoms with Crippen molar-refractivity contribution >= 4 is 17.1 Å². The van der Waals surface area contributed by atoms with Crippen LogP contribution in [0, 0.1) is 6.92 Å². The topological polar surface area (TPSA) is 26.3 Å². The molecule has 2 nitrogen and oxygen atoms in total. The molecule has 0 unspecified atom stereocenters. The third-order valence-corrected chi connectivity index (χ3v) is 3.22. The van der Waals surface area contributed by atoms with Crippen molar-refractivity contribution in [3.63, 3.8) is 0 Å². The zero-order valence-corrected chi connectivity index (χ0v) is 10.7. The van der Waals surface area contributed by atoms with E-state index >= 15 is 0 Å². The van der Waals surface area contributed by atoms with Crippen LogP contribution in [0.4, 0.5) is 0 Å². The highest BCUT2D eigenvalue weighted by molar-refractivity contribution is 7.12. The van der Waals surface area contributed by atoms with Gasteiger partial charge in [0.2, 0.25) is 0 Å². The minimum atomic E-state index is 0.174. The number of Topliss-reactive ketones (excluding diaryl/α,β-unsaturated/α-hetero) is 1. The normalized spacial score (nSPS) is 10.2. The van der Waals surface area contributed by atoms with Crippen LogP contribution in [0.5, 0.6) is 10.8 Å². The lowest BCUT2D eigenvalue weighted by atomic mass is 10.1. The van der Waals surface area contributed by atoms with Gasteiger partial charge in [0.25, 0.3) is 0 Å². The Morgan fingerprint density at radius 1 is 1.29 bits per heavy atom. The molecule has 0 saturated heterocycles. The van der Waals surface area contributed by atoms with Gasteiger partial charge in [0, 0.05) is 6.42 Å². The summed E-state index contributed by atoms with van der Waals surface area (Å²) in [5.41, 5.74) is 2.23. The van der Waals surface area contributed by atoms with Gasteiger partial charge in [0.1, 0.15) is 11.5 Å². The quantitative estimate of drug-likeness (QED) is 0.815. The average Bonchev–Trinajstić information content (AvgIpc) is 2.66. The minimum absolute atomic E-state index is 0.174. The number of hydrogen-bond donors (Lipinski definition) is 0. The lowest BCUT2D eigenvalue weighted by Crippen LogP contribution is -1.95. The molecule has 0 amide bonds. The highest BCUT2D eigenvalue weighted by Crippen LogP contribution is 2.28. The molecule has 0 aliphatic carbocycles. The molecule has 0 saturated carbocycles. The van der Waals surface area contributed by atoms with Gasteiger partial charge in [-0.2, -0.15) is 0 Å². The molecule has 0 aliphatic heterocycles. The molecule has 3 heteroatoms. The molecule has 1 aromatic heterocycles. The van der Waals surface area contributed by atoms with Crippen molar-refractivity contribution in [2.75, 3.05) is 0 Å². The molecular formula is C14H14O2S. The number of aryl methyl sites for hydroxylation is 1. The van der Waals surface area contributed by atoms with E-state index in [0.717, 1.165) is 16.4 Å². The first-order chi connectivity index (χ1) is 8.13. The van der Waals surface area contributed by atoms with Gasteiger partial charge < -0.3 is 4.74 Å². The van der Waals surface area contributed by atoms with Crippen LogP contribution in [0.1, 0.15) is 18.1 Å². The average molecular weight is 246 g/mol. The lowest BCUT2D eigenvalue weighted by molar-refractivity contribution is -0.116. The van der Waals surface area contributed by atoms with Crippen molar-refractivity contribution < 1.29 is 9.53 Å². The van der Waals surface area contributed by atoms with Crippen LogP contribution in [0.3, 0.4) is 0 Å². The van der Waals surface area contributed by atoms with Crippen molar-refractivity contribution in [3.8, 4) is 10.8 Å². The van der Waals surface area contributed by atoms with Crippen molar-refractivity contribution in [3.05, 3.63) is 46.8 Å². The second-order valence-corrected chi connectivity index (χ2v) is 4.94. The van der Waals surface area contributed by atoms with Crippen molar-refractivity contribution in [2.45, 2.75) is 20.3 Å². The van der Waals surface area contributed by atoms with E-state index in [0.29, 0.717) is 6.42 Å². The van der Waals surface area contributed by atoms with E-state index in [1.807, 2.05) is 37.3 Å². The number of thiophene rings is 1. The van der Waals surface area contributed by atoms with E-state index in [2.05, 4.69) is 5.38 Å². The molecule has 17 heavy (non-hydrogen) atoms. The smallest absolute Gasteiger partial charge is 0.181 e. The third-order valence-electron chi connectivity index (χ3n) is 2.30. The number of hydrogen-bond acceptors (Lipinski definition) is 3. The molecule has 0 atom stereocenters. The van der Waals surface area contributed by atoms with E-state index in [9.17, 15) is 4.79 Å². The van der Waals surface area contributed by atoms with E-state index in [1.54, 1.807) is 18.3 Å². The largest absolute Gasteiger partial charge is 0.447 e. The molecule has 0 aliphatic rings. The van der Waals surface area contributed by atoms with Crippen LogP contribution in [0.2, 0.25) is 0 Å². The molecule has 88 valence electrons. The molecule has 0 spiro atoms. The minimum Gasteiger partial charge on any atom is -0.447 e. The number of carbonyl (C=O) groups is 1. The van der Waals surface area contributed by atoms with Gasteiger partial charge in [0.05, 0.1) is 0 Å². The Hall–Kier alpha value is -1.61. The summed E-state index contributed by atoms with van der Waals surface area (Å²) < 4.78 is 5.69. The van der Waals surface area contributed by atoms with Crippen LogP contribution in [0.25, 0.3) is 0 Å². The third kappa shape index (κ3) is 3.43. The maximum absolute atomic E-state index is 11.0. The van der Waals surface area contributed by atoms with Gasteiger partial charge in [-0.25, -0.2) is 0 Å². The maximum atomic E-state index is 11.0. The lowest BCUT2D eigenvalue weighted by Gasteiger charge is -2.03. The van der Waals surface area contributed by atoms with Gasteiger partial charge >= 0.3 is 0 Å². The number of carbonyl (C=O) groups excluding carboxylic acids is 1. The maximum Gasteiger partial charge on any atom is 0.181 e. The molecule has 0 N–H and O–H groups in total. The van der Waals surface area contributed by atoms with Crippen molar-refractivity contribution in [2.24, 2.45) is 0 Å². The van der Waals surface area contributed by atoms with Gasteiger partial charge in [-0.1, -0.05) is 12.1 Å². The Morgan fingerprint density at radius 2 is 2.00 bits per heavy atom. The van der Waals surface area contributed by atoms with Crippen molar-refractivity contribution in [1.82, 2.24) is 0 Å². The second-order valence-electron chi connectivity index (χ2n) is 4.07. The zero-order valence-electron chi connectivity index (χ0n) is 9.90. The van der Waals surface area contributed by atoms with Crippen LogP contribution in [-0.4, -0.2) is 5.78 Å². The molecule has 2 rings (SSSR count). The molecule has 0 bridgehead atoms. The predicted octanol–water partition coefficient (Wildman–Crippen LogP) is 3.98. The molecular weight excluding hydrogens is 232 g/mol. The number of ether oxygens (including phenoxy) is 1. The Kier molecular flexibility index (Phi) is 3.59. The monoisotopic (exact) mass is 246 g/mol. The van der Waals surface area contributed by atoms with Crippen LogP contribution < -0.4 is 4.74 Å². The number of benzene rings is 1. The fourth-order valence-electron chi connectivity index (χ4n) is 1.54. The number of rotatable bonds is 4. The molecule has 1 aromatic carbocycles. The SMILES string of the molecule is CC(=O)Cc1ccc(Oc2cc(C)cs2)cc1. The molecule has 2 aromatic rings. The van der Waals surface area contributed by atoms with Crippen molar-refractivity contribution in [1.29, 1.82) is 0 Å². The highest BCUT2D eigenvalue weighted by Gasteiger charge is 2.01. The van der Waals surface area contributed by atoms with E-state index in [-0.39, 0.29) is 5.78 Å². The number of ketones is 1. The molecule has 1 heterocycles. The van der Waals surface area contributed by atoms with Gasteiger partial charge in [0.15, 0.2) is 5.06 Å². The van der Waals surface area contributed by atoms with E-state index < -0.39 is 0 Å². The van der Waals surface area contributed by atoms with E-state index in [1.165, 1.54) is 5.56 Å². The Morgan fingerprint density at radius 3 is 2.53 bits per heavy atom. The van der Waals surface area contributed by atoms with Gasteiger partial charge in [-0.15, -0.1) is 11.3 Å². The first-order valence-corrected chi connectivity index (χ1v) is 6.33. The Balaban J connectivity index is 2.05. The fourth-order valence-corrected chi connectivity index (χ4v) is 2.31. The summed E-state index contributed by atoms with van der Waals surface area (Å²) in [5, 5.41) is 2.95. The molecule has 0 radical (unpaired) electrons. The Labute approximate surface area is 105 Å². The van der Waals surface area contributed by atoms with Crippen LogP contribution >= 0.6 is 11.3 Å². The van der Waals surface area contributed by atoms with Gasteiger partial charge in [-0.3, -0.25) is 4.79 Å². The standard InChI is InChI=1S/C14H14O2S/c1-10-7-14(17-9-10)16-13-5-3-12(4-6-13)8-11(2)15/h3-7,9H,8H2,1-2H3. The summed E-state index contributed by atoms with van der Waals surface area (Å²) in [6, 6.07) is 9.66. The van der Waals surface area contributed by atoms with E-state index in [4.69, 9.17) is 4.74 Å². The summed E-state index contributed by atoms with van der Waals surface area (Å²) in [4.78, 5) is 11.0. The molecule has 0 fully saturated rings. The fraction of sp³-hybridized carbons (Fsp3) is 0.214. The predicted molar refractivity (Wildman–Crippen MR) is 70.0 cm³/mol.